The van der Waals surface area contributed by atoms with Gasteiger partial charge in [-0.3, -0.25) is 0 Å². The van der Waals surface area contributed by atoms with Crippen molar-refractivity contribution < 1.29 is 0 Å². The average Bonchev–Trinajstić information content (AvgIpc) is 2.91. The Labute approximate surface area is 141 Å². The summed E-state index contributed by atoms with van der Waals surface area (Å²) in [6, 6.07) is 1.40. The van der Waals surface area contributed by atoms with E-state index in [2.05, 4.69) is 70.6 Å². The number of nitrogens with zero attached hydrogens (tertiary/aromatic N) is 3. The zero-order valence-corrected chi connectivity index (χ0v) is 16.7. The minimum Gasteiger partial charge on any atom is -0.309 e. The molecule has 22 heavy (non-hydrogen) atoms. The van der Waals surface area contributed by atoms with E-state index in [4.69, 9.17) is 0 Å². The third-order valence-electron chi connectivity index (χ3n) is 4.90. The van der Waals surface area contributed by atoms with E-state index in [1.807, 2.05) is 0 Å². The molecule has 134 valence electrons. The van der Waals surface area contributed by atoms with E-state index in [1.54, 1.807) is 0 Å². The van der Waals surface area contributed by atoms with Crippen LogP contribution in [0.25, 0.3) is 0 Å². The summed E-state index contributed by atoms with van der Waals surface area (Å²) in [6.07, 6.45) is 7.14. The molecule has 1 saturated carbocycles. The molecule has 0 aliphatic heterocycles. The predicted octanol–water partition coefficient (Wildman–Crippen LogP) is 3.80. The zero-order chi connectivity index (χ0) is 17.1. The minimum atomic E-state index is 0.678. The summed E-state index contributed by atoms with van der Waals surface area (Å²) in [7, 11) is 8.66. The van der Waals surface area contributed by atoms with E-state index < -0.39 is 0 Å². The van der Waals surface area contributed by atoms with Gasteiger partial charge in [0.1, 0.15) is 0 Å². The van der Waals surface area contributed by atoms with E-state index >= 15 is 0 Å². The van der Waals surface area contributed by atoms with Crippen molar-refractivity contribution in [3.8, 4) is 0 Å². The van der Waals surface area contributed by atoms with Crippen LogP contribution in [-0.4, -0.2) is 74.6 Å². The lowest BCUT2D eigenvalue weighted by molar-refractivity contribution is 0.231. The normalized spacial score (nSPS) is 16.2. The lowest BCUT2D eigenvalue weighted by atomic mass is 10.1. The Morgan fingerprint density at radius 3 is 1.68 bits per heavy atom. The van der Waals surface area contributed by atoms with Crippen LogP contribution in [0, 0.1) is 5.92 Å². The molecule has 0 radical (unpaired) electrons. The SMILES string of the molecule is CC(C)N(C)CC1CCCC1.CC(C)N(C)CCCN(C)C. The van der Waals surface area contributed by atoms with Crippen molar-refractivity contribution >= 4 is 0 Å². The molecule has 3 heteroatoms. The summed E-state index contributed by atoms with van der Waals surface area (Å²) in [4.78, 5) is 7.08. The van der Waals surface area contributed by atoms with Crippen molar-refractivity contribution in [3.63, 3.8) is 0 Å². The summed E-state index contributed by atoms with van der Waals surface area (Å²) in [5.74, 6) is 1.00. The van der Waals surface area contributed by atoms with Gasteiger partial charge in [0, 0.05) is 18.6 Å². The summed E-state index contributed by atoms with van der Waals surface area (Å²) in [6.45, 7) is 12.7. The van der Waals surface area contributed by atoms with Crippen LogP contribution < -0.4 is 0 Å². The van der Waals surface area contributed by atoms with E-state index in [9.17, 15) is 0 Å². The van der Waals surface area contributed by atoms with Gasteiger partial charge < -0.3 is 14.7 Å². The van der Waals surface area contributed by atoms with Crippen molar-refractivity contribution in [3.05, 3.63) is 0 Å². The minimum absolute atomic E-state index is 0.678. The smallest absolute Gasteiger partial charge is 0.00356 e. The van der Waals surface area contributed by atoms with Crippen LogP contribution in [0.2, 0.25) is 0 Å². The molecule has 0 atom stereocenters. The molecule has 3 nitrogen and oxygen atoms in total. The summed E-state index contributed by atoms with van der Waals surface area (Å²) >= 11 is 0. The molecular formula is C19H43N3. The first-order chi connectivity index (χ1) is 10.2. The van der Waals surface area contributed by atoms with Gasteiger partial charge in [-0.15, -0.1) is 0 Å². The van der Waals surface area contributed by atoms with Gasteiger partial charge in [-0.25, -0.2) is 0 Å². The average molecular weight is 314 g/mol. The van der Waals surface area contributed by atoms with Crippen molar-refractivity contribution in [1.29, 1.82) is 0 Å². The summed E-state index contributed by atoms with van der Waals surface area (Å²) in [5, 5.41) is 0. The first kappa shape index (κ1) is 21.9. The van der Waals surface area contributed by atoms with Crippen LogP contribution in [0.5, 0.6) is 0 Å². The number of hydrogen-bond donors (Lipinski definition) is 0. The molecule has 1 fully saturated rings. The second kappa shape index (κ2) is 12.3. The molecule has 0 saturated heterocycles. The van der Waals surface area contributed by atoms with Crippen molar-refractivity contribution in [2.24, 2.45) is 5.92 Å². The van der Waals surface area contributed by atoms with E-state index in [-0.39, 0.29) is 0 Å². The highest BCUT2D eigenvalue weighted by Crippen LogP contribution is 2.25. The quantitative estimate of drug-likeness (QED) is 0.675. The Kier molecular flexibility index (Phi) is 12.3. The summed E-state index contributed by atoms with van der Waals surface area (Å²) < 4.78 is 0. The first-order valence-corrected chi connectivity index (χ1v) is 9.29. The van der Waals surface area contributed by atoms with E-state index in [0.717, 1.165) is 12.0 Å². The molecule has 0 aromatic rings. The third-order valence-corrected chi connectivity index (χ3v) is 4.90. The molecule has 0 spiro atoms. The molecule has 0 aromatic carbocycles. The fourth-order valence-electron chi connectivity index (χ4n) is 2.71. The van der Waals surface area contributed by atoms with Crippen molar-refractivity contribution in [2.75, 3.05) is 47.8 Å². The molecule has 0 amide bonds. The molecule has 0 unspecified atom stereocenters. The van der Waals surface area contributed by atoms with Crippen LogP contribution in [0.15, 0.2) is 0 Å². The van der Waals surface area contributed by atoms with E-state index in [1.165, 1.54) is 51.7 Å². The second-order valence-electron chi connectivity index (χ2n) is 7.91. The third kappa shape index (κ3) is 11.4. The fraction of sp³-hybridized carbons (Fsp3) is 1.00. The van der Waals surface area contributed by atoms with Gasteiger partial charge in [0.25, 0.3) is 0 Å². The highest BCUT2D eigenvalue weighted by Gasteiger charge is 2.17. The Hall–Kier alpha value is -0.120. The van der Waals surface area contributed by atoms with Crippen LogP contribution in [0.3, 0.4) is 0 Å². The first-order valence-electron chi connectivity index (χ1n) is 9.29. The molecule has 1 aliphatic rings. The zero-order valence-electron chi connectivity index (χ0n) is 16.7. The maximum absolute atomic E-state index is 2.47. The molecule has 0 aromatic heterocycles. The Morgan fingerprint density at radius 1 is 0.773 bits per heavy atom. The lowest BCUT2D eigenvalue weighted by Crippen LogP contribution is -2.30. The standard InChI is InChI=1S/C10H21N.C9H22N2/c1-9(2)11(3)8-10-6-4-5-7-10;1-9(2)11(5)8-6-7-10(3)4/h9-10H,4-8H2,1-3H3;9H,6-8H2,1-5H3. The highest BCUT2D eigenvalue weighted by atomic mass is 15.1. The molecule has 1 rings (SSSR count). The van der Waals surface area contributed by atoms with Gasteiger partial charge in [0.15, 0.2) is 0 Å². The largest absolute Gasteiger partial charge is 0.309 e. The second-order valence-corrected chi connectivity index (χ2v) is 7.91. The molecule has 0 heterocycles. The Bertz CT molecular complexity index is 245. The van der Waals surface area contributed by atoms with Crippen LogP contribution in [0.1, 0.15) is 59.8 Å². The van der Waals surface area contributed by atoms with Gasteiger partial charge in [-0.1, -0.05) is 12.8 Å². The monoisotopic (exact) mass is 313 g/mol. The maximum atomic E-state index is 2.47. The molecule has 0 bridgehead atoms. The fourth-order valence-corrected chi connectivity index (χ4v) is 2.71. The van der Waals surface area contributed by atoms with Crippen molar-refractivity contribution in [2.45, 2.75) is 71.9 Å². The molecule has 1 aliphatic carbocycles. The Morgan fingerprint density at radius 2 is 1.27 bits per heavy atom. The highest BCUT2D eigenvalue weighted by molar-refractivity contribution is 4.71. The molecule has 0 N–H and O–H groups in total. The van der Waals surface area contributed by atoms with Gasteiger partial charge in [-0.05, 0) is 94.2 Å². The lowest BCUT2D eigenvalue weighted by Gasteiger charge is -2.24. The summed E-state index contributed by atoms with van der Waals surface area (Å²) in [5.41, 5.74) is 0. The number of hydrogen-bond acceptors (Lipinski definition) is 3. The van der Waals surface area contributed by atoms with Crippen LogP contribution >= 0.6 is 0 Å². The van der Waals surface area contributed by atoms with Gasteiger partial charge in [0.2, 0.25) is 0 Å². The maximum Gasteiger partial charge on any atom is 0.00356 e. The molecular weight excluding hydrogens is 270 g/mol. The van der Waals surface area contributed by atoms with Gasteiger partial charge in [-0.2, -0.15) is 0 Å². The van der Waals surface area contributed by atoms with Crippen LogP contribution in [-0.2, 0) is 0 Å². The predicted molar refractivity (Wildman–Crippen MR) is 101 cm³/mol. The van der Waals surface area contributed by atoms with E-state index in [0.29, 0.717) is 6.04 Å². The van der Waals surface area contributed by atoms with Gasteiger partial charge >= 0.3 is 0 Å². The van der Waals surface area contributed by atoms with Crippen molar-refractivity contribution in [1.82, 2.24) is 14.7 Å². The Balaban J connectivity index is 0.000000401. The van der Waals surface area contributed by atoms with Gasteiger partial charge in [0.05, 0.1) is 0 Å². The topological polar surface area (TPSA) is 9.72 Å². The van der Waals surface area contributed by atoms with Crippen LogP contribution in [0.4, 0.5) is 0 Å². The number of rotatable bonds is 8.